The molecule has 1 unspecified atom stereocenters. The van der Waals surface area contributed by atoms with Gasteiger partial charge in [-0.1, -0.05) is 24.5 Å². The molecule has 2 fully saturated rings. The summed E-state index contributed by atoms with van der Waals surface area (Å²) in [5.74, 6) is 0.327. The third kappa shape index (κ3) is 3.60. The molecule has 0 bridgehead atoms. The fraction of sp³-hybridized carbons (Fsp3) is 0.545. The normalized spacial score (nSPS) is 21.2. The van der Waals surface area contributed by atoms with Crippen molar-refractivity contribution in [1.29, 1.82) is 0 Å². The van der Waals surface area contributed by atoms with Crippen molar-refractivity contribution < 1.29 is 9.59 Å². The molecule has 1 aliphatic heterocycles. The van der Waals surface area contributed by atoms with Crippen LogP contribution in [0.1, 0.15) is 49.7 Å². The average Bonchev–Trinajstić information content (AvgIpc) is 3.32. The Kier molecular flexibility index (Phi) is 4.94. The minimum Gasteiger partial charge on any atom is -0.361 e. The van der Waals surface area contributed by atoms with E-state index in [-0.39, 0.29) is 17.7 Å². The van der Waals surface area contributed by atoms with E-state index in [2.05, 4.69) is 30.1 Å². The van der Waals surface area contributed by atoms with Gasteiger partial charge in [-0.05, 0) is 43.9 Å². The third-order valence-electron chi connectivity index (χ3n) is 6.27. The SMILES string of the molecule is Cc1ccc2[nH]cc(CN(C)C(=O)C3CCC(=O)N(C4CCCC4)C3)c2c1. The first-order chi connectivity index (χ1) is 13.0. The van der Waals surface area contributed by atoms with Gasteiger partial charge in [-0.15, -0.1) is 0 Å². The summed E-state index contributed by atoms with van der Waals surface area (Å²) in [6, 6.07) is 6.70. The van der Waals surface area contributed by atoms with Gasteiger partial charge in [0.2, 0.25) is 11.8 Å². The Morgan fingerprint density at radius 2 is 2.04 bits per heavy atom. The molecule has 2 heterocycles. The Labute approximate surface area is 160 Å². The van der Waals surface area contributed by atoms with Crippen molar-refractivity contribution in [3.63, 3.8) is 0 Å². The number of H-pyrrole nitrogens is 1. The number of aryl methyl sites for hydroxylation is 1. The summed E-state index contributed by atoms with van der Waals surface area (Å²) in [7, 11) is 1.88. The maximum absolute atomic E-state index is 13.1. The van der Waals surface area contributed by atoms with Crippen molar-refractivity contribution in [3.05, 3.63) is 35.5 Å². The zero-order chi connectivity index (χ0) is 19.0. The second-order valence-electron chi connectivity index (χ2n) is 8.28. The summed E-state index contributed by atoms with van der Waals surface area (Å²) in [6.07, 6.45) is 7.78. The van der Waals surface area contributed by atoms with Gasteiger partial charge in [-0.2, -0.15) is 0 Å². The van der Waals surface area contributed by atoms with Gasteiger partial charge < -0.3 is 14.8 Å². The van der Waals surface area contributed by atoms with E-state index < -0.39 is 0 Å². The highest BCUT2D eigenvalue weighted by Crippen LogP contribution is 2.30. The number of rotatable bonds is 4. The molecule has 144 valence electrons. The number of nitrogens with zero attached hydrogens (tertiary/aromatic N) is 2. The summed E-state index contributed by atoms with van der Waals surface area (Å²) >= 11 is 0. The van der Waals surface area contributed by atoms with Gasteiger partial charge in [0.05, 0.1) is 5.92 Å². The van der Waals surface area contributed by atoms with Crippen LogP contribution in [-0.2, 0) is 16.1 Å². The van der Waals surface area contributed by atoms with Crippen molar-refractivity contribution in [3.8, 4) is 0 Å². The monoisotopic (exact) mass is 367 g/mol. The van der Waals surface area contributed by atoms with E-state index in [1.165, 1.54) is 23.8 Å². The van der Waals surface area contributed by atoms with E-state index in [4.69, 9.17) is 0 Å². The minimum atomic E-state index is -0.0692. The van der Waals surface area contributed by atoms with Crippen LogP contribution in [-0.4, -0.2) is 46.2 Å². The number of likely N-dealkylation sites (tertiary alicyclic amines) is 1. The van der Waals surface area contributed by atoms with Crippen molar-refractivity contribution in [2.24, 2.45) is 5.92 Å². The molecule has 5 nitrogen and oxygen atoms in total. The van der Waals surface area contributed by atoms with E-state index in [0.717, 1.165) is 23.9 Å². The minimum absolute atomic E-state index is 0.0692. The number of carbonyl (C=O) groups excluding carboxylic acids is 2. The standard InChI is InChI=1S/C22H29N3O2/c1-15-7-9-20-19(11-15)17(12-23-20)13-24(2)22(27)16-8-10-21(26)25(14-16)18-5-3-4-6-18/h7,9,11-12,16,18,23H,3-6,8,10,13-14H2,1-2H3. The molecule has 27 heavy (non-hydrogen) atoms. The highest BCUT2D eigenvalue weighted by atomic mass is 16.2. The van der Waals surface area contributed by atoms with E-state index in [0.29, 0.717) is 32.0 Å². The van der Waals surface area contributed by atoms with Gasteiger partial charge >= 0.3 is 0 Å². The molecule has 1 saturated heterocycles. The fourth-order valence-electron chi connectivity index (χ4n) is 4.71. The molecule has 1 saturated carbocycles. The van der Waals surface area contributed by atoms with Gasteiger partial charge in [-0.3, -0.25) is 9.59 Å². The van der Waals surface area contributed by atoms with Crippen LogP contribution < -0.4 is 0 Å². The average molecular weight is 367 g/mol. The number of aromatic amines is 1. The van der Waals surface area contributed by atoms with Crippen molar-refractivity contribution in [1.82, 2.24) is 14.8 Å². The van der Waals surface area contributed by atoms with Crippen molar-refractivity contribution >= 4 is 22.7 Å². The quantitative estimate of drug-likeness (QED) is 0.897. The Morgan fingerprint density at radius 3 is 2.81 bits per heavy atom. The number of aromatic nitrogens is 1. The maximum atomic E-state index is 13.1. The second-order valence-corrected chi connectivity index (χ2v) is 8.28. The van der Waals surface area contributed by atoms with E-state index in [1.807, 2.05) is 23.0 Å². The Bertz CT molecular complexity index is 850. The van der Waals surface area contributed by atoms with Crippen LogP contribution in [0.15, 0.2) is 24.4 Å². The van der Waals surface area contributed by atoms with E-state index >= 15 is 0 Å². The molecule has 2 aliphatic rings. The van der Waals surface area contributed by atoms with Crippen LogP contribution in [0, 0.1) is 12.8 Å². The zero-order valence-corrected chi connectivity index (χ0v) is 16.3. The molecular formula is C22H29N3O2. The first-order valence-corrected chi connectivity index (χ1v) is 10.1. The largest absolute Gasteiger partial charge is 0.361 e. The number of amides is 2. The van der Waals surface area contributed by atoms with Gasteiger partial charge in [0.25, 0.3) is 0 Å². The third-order valence-corrected chi connectivity index (χ3v) is 6.27. The Morgan fingerprint density at radius 1 is 1.26 bits per heavy atom. The van der Waals surface area contributed by atoms with Crippen LogP contribution in [0.5, 0.6) is 0 Å². The van der Waals surface area contributed by atoms with Crippen LogP contribution in [0.3, 0.4) is 0 Å². The van der Waals surface area contributed by atoms with Crippen LogP contribution in [0.2, 0.25) is 0 Å². The first-order valence-electron chi connectivity index (χ1n) is 10.1. The molecule has 2 amide bonds. The predicted octanol–water partition coefficient (Wildman–Crippen LogP) is 3.62. The Balaban J connectivity index is 1.45. The fourth-order valence-corrected chi connectivity index (χ4v) is 4.71. The van der Waals surface area contributed by atoms with E-state index in [1.54, 1.807) is 0 Å². The molecule has 0 radical (unpaired) electrons. The number of carbonyl (C=O) groups is 2. The molecule has 1 aromatic carbocycles. The topological polar surface area (TPSA) is 56.4 Å². The van der Waals surface area contributed by atoms with Crippen molar-refractivity contribution in [2.45, 2.75) is 58.0 Å². The molecular weight excluding hydrogens is 338 g/mol. The number of nitrogens with one attached hydrogen (secondary N) is 1. The van der Waals surface area contributed by atoms with Gasteiger partial charge in [-0.25, -0.2) is 0 Å². The smallest absolute Gasteiger partial charge is 0.227 e. The van der Waals surface area contributed by atoms with Crippen LogP contribution in [0.4, 0.5) is 0 Å². The molecule has 1 aliphatic carbocycles. The molecule has 4 rings (SSSR count). The number of piperidine rings is 1. The Hall–Kier alpha value is -2.30. The van der Waals surface area contributed by atoms with Gasteiger partial charge in [0.15, 0.2) is 0 Å². The van der Waals surface area contributed by atoms with Crippen LogP contribution in [0.25, 0.3) is 10.9 Å². The van der Waals surface area contributed by atoms with Gasteiger partial charge in [0.1, 0.15) is 0 Å². The highest BCUT2D eigenvalue weighted by molar-refractivity contribution is 5.86. The zero-order valence-electron chi connectivity index (χ0n) is 16.3. The summed E-state index contributed by atoms with van der Waals surface area (Å²) in [4.78, 5) is 32.6. The van der Waals surface area contributed by atoms with Gasteiger partial charge in [0, 0.05) is 49.7 Å². The number of hydrogen-bond donors (Lipinski definition) is 1. The molecule has 0 spiro atoms. The molecule has 1 atom stereocenters. The first kappa shape index (κ1) is 18.1. The van der Waals surface area contributed by atoms with E-state index in [9.17, 15) is 9.59 Å². The van der Waals surface area contributed by atoms with Crippen LogP contribution >= 0.6 is 0 Å². The molecule has 5 heteroatoms. The second kappa shape index (κ2) is 7.37. The lowest BCUT2D eigenvalue weighted by Gasteiger charge is -2.37. The maximum Gasteiger partial charge on any atom is 0.227 e. The molecule has 1 aromatic heterocycles. The van der Waals surface area contributed by atoms with Crippen molar-refractivity contribution in [2.75, 3.05) is 13.6 Å². The summed E-state index contributed by atoms with van der Waals surface area (Å²) < 4.78 is 0. The number of hydrogen-bond acceptors (Lipinski definition) is 2. The summed E-state index contributed by atoms with van der Waals surface area (Å²) in [5.41, 5.74) is 3.46. The molecule has 1 N–H and O–H groups in total. The summed E-state index contributed by atoms with van der Waals surface area (Å²) in [5, 5.41) is 1.18. The molecule has 2 aromatic rings. The summed E-state index contributed by atoms with van der Waals surface area (Å²) in [6.45, 7) is 3.28. The number of fused-ring (bicyclic) bond motifs is 1. The predicted molar refractivity (Wildman–Crippen MR) is 106 cm³/mol. The number of benzene rings is 1. The lowest BCUT2D eigenvalue weighted by atomic mass is 9.94. The highest BCUT2D eigenvalue weighted by Gasteiger charge is 2.36. The lowest BCUT2D eigenvalue weighted by Crippen LogP contribution is -2.49. The lowest BCUT2D eigenvalue weighted by molar-refractivity contribution is -0.144.